The Bertz CT molecular complexity index is 1040. The van der Waals surface area contributed by atoms with Crippen LogP contribution in [0, 0.1) is 11.3 Å². The number of fused-ring (bicyclic) bond motifs is 3. The van der Waals surface area contributed by atoms with E-state index in [0.717, 1.165) is 27.4 Å². The van der Waals surface area contributed by atoms with Gasteiger partial charge >= 0.3 is 0 Å². The fourth-order valence-electron chi connectivity index (χ4n) is 2.98. The van der Waals surface area contributed by atoms with E-state index in [9.17, 15) is 4.79 Å². The molecule has 0 atom stereocenters. The zero-order chi connectivity index (χ0) is 17.4. The first-order valence-electron chi connectivity index (χ1n) is 7.69. The van der Waals surface area contributed by atoms with Crippen molar-refractivity contribution in [1.29, 1.82) is 5.26 Å². The van der Waals surface area contributed by atoms with Gasteiger partial charge in [-0.1, -0.05) is 35.9 Å². The smallest absolute Gasteiger partial charge is 0.197 e. The molecule has 0 saturated carbocycles. The number of hydrogen-bond donors (Lipinski definition) is 0. The first-order chi connectivity index (χ1) is 12.2. The molecule has 1 aliphatic heterocycles. The lowest BCUT2D eigenvalue weighted by molar-refractivity contribution is 0.0992. The molecule has 25 heavy (non-hydrogen) atoms. The average molecular weight is 366 g/mol. The minimum absolute atomic E-state index is 0.175. The molecule has 0 N–H and O–H groups in total. The van der Waals surface area contributed by atoms with Crippen LogP contribution in [0.5, 0.6) is 0 Å². The minimum atomic E-state index is -0.250. The third-order valence-electron chi connectivity index (χ3n) is 4.05. The number of carbonyl (C=O) groups is 1. The minimum Gasteiger partial charge on any atom is -0.291 e. The van der Waals surface area contributed by atoms with Crippen LogP contribution in [-0.4, -0.2) is 15.6 Å². The van der Waals surface area contributed by atoms with E-state index in [4.69, 9.17) is 16.9 Å². The fraction of sp³-hybridized carbons (Fsp3) is 0.105. The van der Waals surface area contributed by atoms with Gasteiger partial charge in [-0.3, -0.25) is 4.79 Å². The summed E-state index contributed by atoms with van der Waals surface area (Å²) in [6, 6.07) is 17.4. The Hall–Kier alpha value is -2.55. The van der Waals surface area contributed by atoms with Gasteiger partial charge in [0.25, 0.3) is 0 Å². The molecule has 0 saturated heterocycles. The monoisotopic (exact) mass is 365 g/mol. The number of aromatic nitrogens is 2. The molecule has 4 rings (SSSR count). The molecule has 6 heteroatoms. The standard InChI is InChI=1S/C19H12ClN3OS/c20-12-4-3-5-13(10-12)23-19-14-6-1-2-7-17(14)25-11-15(19)18(22-23)16(24)8-9-21/h1-7,10H,8,11H2. The highest BCUT2D eigenvalue weighted by atomic mass is 35.5. The van der Waals surface area contributed by atoms with E-state index in [0.29, 0.717) is 16.5 Å². The van der Waals surface area contributed by atoms with E-state index in [2.05, 4.69) is 11.2 Å². The van der Waals surface area contributed by atoms with Crippen molar-refractivity contribution in [3.05, 3.63) is 64.8 Å². The summed E-state index contributed by atoms with van der Waals surface area (Å²) in [5.74, 6) is 0.402. The van der Waals surface area contributed by atoms with Crippen LogP contribution in [0.1, 0.15) is 22.5 Å². The molecule has 0 amide bonds. The van der Waals surface area contributed by atoms with Crippen molar-refractivity contribution in [1.82, 2.24) is 9.78 Å². The molecule has 0 aliphatic carbocycles. The largest absolute Gasteiger partial charge is 0.291 e. The van der Waals surface area contributed by atoms with Crippen molar-refractivity contribution in [3.8, 4) is 23.0 Å². The van der Waals surface area contributed by atoms with Crippen LogP contribution in [0.15, 0.2) is 53.4 Å². The van der Waals surface area contributed by atoms with Crippen molar-refractivity contribution < 1.29 is 4.79 Å². The van der Waals surface area contributed by atoms with Crippen LogP contribution >= 0.6 is 23.4 Å². The highest BCUT2D eigenvalue weighted by Gasteiger charge is 2.28. The summed E-state index contributed by atoms with van der Waals surface area (Å²) >= 11 is 7.82. The quantitative estimate of drug-likeness (QED) is 0.620. The van der Waals surface area contributed by atoms with E-state index in [-0.39, 0.29) is 12.2 Å². The number of halogens is 1. The average Bonchev–Trinajstić information content (AvgIpc) is 3.02. The molecule has 0 fully saturated rings. The van der Waals surface area contributed by atoms with Crippen LogP contribution in [0.25, 0.3) is 16.9 Å². The van der Waals surface area contributed by atoms with Crippen molar-refractivity contribution in [2.75, 3.05) is 0 Å². The fourth-order valence-corrected chi connectivity index (χ4v) is 4.23. The van der Waals surface area contributed by atoms with Gasteiger partial charge < -0.3 is 0 Å². The normalized spacial score (nSPS) is 12.2. The molecular weight excluding hydrogens is 354 g/mol. The second-order valence-electron chi connectivity index (χ2n) is 5.61. The molecule has 0 spiro atoms. The molecule has 0 radical (unpaired) electrons. The SMILES string of the molecule is N#CCC(=O)c1nn(-c2cccc(Cl)c2)c2c1CSc1ccccc1-2. The van der Waals surface area contributed by atoms with Crippen molar-refractivity contribution in [2.24, 2.45) is 0 Å². The van der Waals surface area contributed by atoms with E-state index in [1.807, 2.05) is 42.5 Å². The molecule has 0 bridgehead atoms. The van der Waals surface area contributed by atoms with E-state index >= 15 is 0 Å². The maximum absolute atomic E-state index is 12.4. The van der Waals surface area contributed by atoms with Gasteiger partial charge in [-0.15, -0.1) is 11.8 Å². The molecule has 3 aromatic rings. The number of rotatable bonds is 3. The van der Waals surface area contributed by atoms with Crippen LogP contribution in [-0.2, 0) is 5.75 Å². The van der Waals surface area contributed by atoms with Crippen molar-refractivity contribution in [3.63, 3.8) is 0 Å². The number of ketones is 1. The molecule has 4 nitrogen and oxygen atoms in total. The predicted molar refractivity (Wildman–Crippen MR) is 98.1 cm³/mol. The topological polar surface area (TPSA) is 58.7 Å². The molecule has 1 aromatic heterocycles. The Morgan fingerprint density at radius 3 is 2.92 bits per heavy atom. The van der Waals surface area contributed by atoms with Gasteiger partial charge in [0.15, 0.2) is 5.78 Å². The number of thioether (sulfide) groups is 1. The maximum atomic E-state index is 12.4. The summed E-state index contributed by atoms with van der Waals surface area (Å²) in [4.78, 5) is 13.6. The number of nitrogens with zero attached hydrogens (tertiary/aromatic N) is 3. The number of benzene rings is 2. The molecular formula is C19H12ClN3OS. The zero-order valence-electron chi connectivity index (χ0n) is 13.1. The summed E-state index contributed by atoms with van der Waals surface area (Å²) < 4.78 is 1.77. The summed E-state index contributed by atoms with van der Waals surface area (Å²) in [7, 11) is 0. The highest BCUT2D eigenvalue weighted by molar-refractivity contribution is 7.98. The second kappa shape index (κ2) is 6.40. The maximum Gasteiger partial charge on any atom is 0.197 e. The van der Waals surface area contributed by atoms with E-state index in [1.165, 1.54) is 0 Å². The zero-order valence-corrected chi connectivity index (χ0v) is 14.6. The number of carbonyl (C=O) groups excluding carboxylic acids is 1. The van der Waals surface area contributed by atoms with Crippen molar-refractivity contribution >= 4 is 29.1 Å². The second-order valence-corrected chi connectivity index (χ2v) is 7.06. The lowest BCUT2D eigenvalue weighted by Gasteiger charge is -2.18. The lowest BCUT2D eigenvalue weighted by Crippen LogP contribution is -2.03. The Labute approximate surface area is 154 Å². The summed E-state index contributed by atoms with van der Waals surface area (Å²) in [6.45, 7) is 0. The molecule has 122 valence electrons. The Balaban J connectivity index is 2.00. The van der Waals surface area contributed by atoms with Gasteiger partial charge in [-0.2, -0.15) is 10.4 Å². The molecule has 1 aliphatic rings. The highest BCUT2D eigenvalue weighted by Crippen LogP contribution is 2.43. The van der Waals surface area contributed by atoms with Gasteiger partial charge in [0, 0.05) is 26.8 Å². The van der Waals surface area contributed by atoms with Crippen LogP contribution in [0.4, 0.5) is 0 Å². The Kier molecular flexibility index (Phi) is 4.08. The Morgan fingerprint density at radius 1 is 1.28 bits per heavy atom. The summed E-state index contributed by atoms with van der Waals surface area (Å²) in [5.41, 5.74) is 3.99. The van der Waals surface area contributed by atoms with E-state index in [1.54, 1.807) is 22.5 Å². The van der Waals surface area contributed by atoms with E-state index < -0.39 is 0 Å². The van der Waals surface area contributed by atoms with Gasteiger partial charge in [-0.05, 0) is 24.3 Å². The molecule has 2 aromatic carbocycles. The summed E-state index contributed by atoms with van der Waals surface area (Å²) in [6.07, 6.45) is -0.175. The van der Waals surface area contributed by atoms with Crippen LogP contribution < -0.4 is 0 Å². The predicted octanol–water partition coefficient (Wildman–Crippen LogP) is 4.89. The lowest BCUT2D eigenvalue weighted by atomic mass is 10.0. The van der Waals surface area contributed by atoms with Gasteiger partial charge in [0.2, 0.25) is 0 Å². The molecule has 0 unspecified atom stereocenters. The van der Waals surface area contributed by atoms with Crippen molar-refractivity contribution in [2.45, 2.75) is 17.1 Å². The van der Waals surface area contributed by atoms with Gasteiger partial charge in [0.1, 0.15) is 12.1 Å². The van der Waals surface area contributed by atoms with Crippen LogP contribution in [0.3, 0.4) is 0 Å². The van der Waals surface area contributed by atoms with Gasteiger partial charge in [0.05, 0.1) is 17.5 Å². The first-order valence-corrected chi connectivity index (χ1v) is 9.05. The number of Topliss-reactive ketones (excluding diaryl/α,β-unsaturated/α-hetero) is 1. The Morgan fingerprint density at radius 2 is 2.12 bits per heavy atom. The third kappa shape index (κ3) is 2.74. The number of hydrogen-bond acceptors (Lipinski definition) is 4. The number of nitriles is 1. The molecule has 2 heterocycles. The first kappa shape index (κ1) is 15.9. The third-order valence-corrected chi connectivity index (χ3v) is 5.39. The van der Waals surface area contributed by atoms with Gasteiger partial charge in [-0.25, -0.2) is 4.68 Å². The van der Waals surface area contributed by atoms with Crippen LogP contribution in [0.2, 0.25) is 5.02 Å². The summed E-state index contributed by atoms with van der Waals surface area (Å²) in [5, 5.41) is 14.1.